The van der Waals surface area contributed by atoms with E-state index in [-0.39, 0.29) is 17.2 Å². The molecule has 1 heterocycles. The van der Waals surface area contributed by atoms with E-state index in [0.29, 0.717) is 11.4 Å². The number of anilines is 2. The van der Waals surface area contributed by atoms with E-state index in [1.165, 1.54) is 18.3 Å². The molecule has 144 valence electrons. The highest BCUT2D eigenvalue weighted by atomic mass is 32.2. The molecule has 0 radical (unpaired) electrons. The molecule has 1 amide bonds. The van der Waals surface area contributed by atoms with Crippen molar-refractivity contribution in [1.29, 1.82) is 0 Å². The maximum Gasteiger partial charge on any atom is 0.261 e. The lowest BCUT2D eigenvalue weighted by atomic mass is 10.0. The average Bonchev–Trinajstić information content (AvgIpc) is 2.65. The van der Waals surface area contributed by atoms with Crippen molar-refractivity contribution in [3.8, 4) is 0 Å². The van der Waals surface area contributed by atoms with E-state index in [9.17, 15) is 13.2 Å². The number of amides is 1. The van der Waals surface area contributed by atoms with E-state index in [0.717, 1.165) is 16.7 Å². The van der Waals surface area contributed by atoms with Crippen molar-refractivity contribution in [3.63, 3.8) is 0 Å². The summed E-state index contributed by atoms with van der Waals surface area (Å²) in [5, 5.41) is 2.80. The highest BCUT2D eigenvalue weighted by molar-refractivity contribution is 7.92. The molecule has 0 spiro atoms. The van der Waals surface area contributed by atoms with Crippen LogP contribution in [0.4, 0.5) is 11.4 Å². The van der Waals surface area contributed by atoms with Gasteiger partial charge < -0.3 is 5.32 Å². The van der Waals surface area contributed by atoms with Crippen LogP contribution in [0.5, 0.6) is 0 Å². The normalized spacial score (nSPS) is 11.1. The molecule has 0 aliphatic heterocycles. The standard InChI is InChI=1S/C21H21N3O3S/c1-15-5-6-16(2)17(12-15)13-21(25)23-18-7-9-20(10-8-18)28(26,27)24-19-4-3-11-22-14-19/h3-12,14,24H,13H2,1-2H3,(H,23,25). The number of aromatic nitrogens is 1. The largest absolute Gasteiger partial charge is 0.326 e. The Kier molecular flexibility index (Phi) is 5.75. The van der Waals surface area contributed by atoms with Crippen LogP contribution in [0.25, 0.3) is 0 Å². The molecule has 0 atom stereocenters. The lowest BCUT2D eigenvalue weighted by Crippen LogP contribution is -2.16. The van der Waals surface area contributed by atoms with Gasteiger partial charge in [-0.25, -0.2) is 8.42 Å². The summed E-state index contributed by atoms with van der Waals surface area (Å²) < 4.78 is 27.3. The second-order valence-electron chi connectivity index (χ2n) is 6.53. The van der Waals surface area contributed by atoms with E-state index in [1.54, 1.807) is 30.5 Å². The summed E-state index contributed by atoms with van der Waals surface area (Å²) in [4.78, 5) is 16.3. The van der Waals surface area contributed by atoms with E-state index in [1.807, 2.05) is 32.0 Å². The van der Waals surface area contributed by atoms with Crippen molar-refractivity contribution < 1.29 is 13.2 Å². The quantitative estimate of drug-likeness (QED) is 0.666. The Balaban J connectivity index is 1.67. The second-order valence-corrected chi connectivity index (χ2v) is 8.21. The van der Waals surface area contributed by atoms with Crippen LogP contribution >= 0.6 is 0 Å². The summed E-state index contributed by atoms with van der Waals surface area (Å²) in [6, 6.07) is 15.3. The number of rotatable bonds is 6. The number of carbonyl (C=O) groups is 1. The lowest BCUT2D eigenvalue weighted by Gasteiger charge is -2.10. The molecule has 0 bridgehead atoms. The van der Waals surface area contributed by atoms with E-state index >= 15 is 0 Å². The second kappa shape index (κ2) is 8.22. The third-order valence-corrected chi connectivity index (χ3v) is 5.61. The van der Waals surface area contributed by atoms with Gasteiger partial charge in [-0.05, 0) is 61.4 Å². The number of carbonyl (C=O) groups excluding carboxylic acids is 1. The third-order valence-electron chi connectivity index (χ3n) is 4.22. The third kappa shape index (κ3) is 4.95. The number of hydrogen-bond donors (Lipinski definition) is 2. The van der Waals surface area contributed by atoms with Crippen LogP contribution in [0.3, 0.4) is 0 Å². The Bertz CT molecular complexity index is 1080. The number of pyridine rings is 1. The molecule has 2 aromatic carbocycles. The van der Waals surface area contributed by atoms with Gasteiger partial charge in [-0.15, -0.1) is 0 Å². The first-order valence-corrected chi connectivity index (χ1v) is 10.2. The Labute approximate surface area is 164 Å². The molecule has 2 N–H and O–H groups in total. The molecule has 3 rings (SSSR count). The zero-order valence-corrected chi connectivity index (χ0v) is 16.5. The summed E-state index contributed by atoms with van der Waals surface area (Å²) >= 11 is 0. The SMILES string of the molecule is Cc1ccc(C)c(CC(=O)Nc2ccc(S(=O)(=O)Nc3cccnc3)cc2)c1. The Hall–Kier alpha value is -3.19. The lowest BCUT2D eigenvalue weighted by molar-refractivity contribution is -0.115. The molecule has 0 aliphatic carbocycles. The molecule has 0 saturated carbocycles. The van der Waals surface area contributed by atoms with Gasteiger partial charge in [-0.2, -0.15) is 0 Å². The minimum atomic E-state index is -3.72. The molecule has 6 nitrogen and oxygen atoms in total. The minimum absolute atomic E-state index is 0.101. The fraction of sp³-hybridized carbons (Fsp3) is 0.143. The highest BCUT2D eigenvalue weighted by Crippen LogP contribution is 2.18. The maximum atomic E-state index is 12.4. The van der Waals surface area contributed by atoms with Gasteiger partial charge in [0, 0.05) is 11.9 Å². The summed E-state index contributed by atoms with van der Waals surface area (Å²) in [7, 11) is -3.72. The van der Waals surface area contributed by atoms with Crippen LogP contribution in [0.2, 0.25) is 0 Å². The van der Waals surface area contributed by atoms with E-state index < -0.39 is 10.0 Å². The molecule has 1 aromatic heterocycles. The van der Waals surface area contributed by atoms with Crippen molar-refractivity contribution >= 4 is 27.3 Å². The monoisotopic (exact) mass is 395 g/mol. The summed E-state index contributed by atoms with van der Waals surface area (Å²) in [5.74, 6) is -0.155. The van der Waals surface area contributed by atoms with Gasteiger partial charge in [0.15, 0.2) is 0 Å². The van der Waals surface area contributed by atoms with Crippen LogP contribution in [-0.4, -0.2) is 19.3 Å². The molecule has 28 heavy (non-hydrogen) atoms. The summed E-state index contributed by atoms with van der Waals surface area (Å²) in [5.41, 5.74) is 4.05. The summed E-state index contributed by atoms with van der Waals surface area (Å²) in [6.07, 6.45) is 3.25. The fourth-order valence-corrected chi connectivity index (χ4v) is 3.77. The average molecular weight is 395 g/mol. The van der Waals surface area contributed by atoms with Crippen molar-refractivity contribution in [3.05, 3.63) is 83.7 Å². The topological polar surface area (TPSA) is 88.2 Å². The smallest absolute Gasteiger partial charge is 0.261 e. The highest BCUT2D eigenvalue weighted by Gasteiger charge is 2.14. The zero-order valence-electron chi connectivity index (χ0n) is 15.6. The van der Waals surface area contributed by atoms with E-state index in [4.69, 9.17) is 0 Å². The predicted molar refractivity (Wildman–Crippen MR) is 110 cm³/mol. The maximum absolute atomic E-state index is 12.4. The summed E-state index contributed by atoms with van der Waals surface area (Å²) in [6.45, 7) is 3.95. The van der Waals surface area contributed by atoms with Gasteiger partial charge in [-0.3, -0.25) is 14.5 Å². The van der Waals surface area contributed by atoms with Crippen molar-refractivity contribution in [2.75, 3.05) is 10.0 Å². The fourth-order valence-electron chi connectivity index (χ4n) is 2.72. The van der Waals surface area contributed by atoms with Crippen LogP contribution in [-0.2, 0) is 21.2 Å². The number of sulfonamides is 1. The molecule has 0 unspecified atom stereocenters. The number of nitrogens with one attached hydrogen (secondary N) is 2. The number of hydrogen-bond acceptors (Lipinski definition) is 4. The molecular formula is C21H21N3O3S. The van der Waals surface area contributed by atoms with Gasteiger partial charge in [-0.1, -0.05) is 23.8 Å². The van der Waals surface area contributed by atoms with Crippen LogP contribution in [0.15, 0.2) is 71.9 Å². The van der Waals surface area contributed by atoms with Gasteiger partial charge in [0.05, 0.1) is 23.2 Å². The van der Waals surface area contributed by atoms with Crippen molar-refractivity contribution in [2.45, 2.75) is 25.2 Å². The number of benzene rings is 2. The Morgan fingerprint density at radius 2 is 1.75 bits per heavy atom. The van der Waals surface area contributed by atoms with Gasteiger partial charge in [0.25, 0.3) is 10.0 Å². The molecular weight excluding hydrogens is 374 g/mol. The number of nitrogens with zero attached hydrogens (tertiary/aromatic N) is 1. The van der Waals surface area contributed by atoms with Gasteiger partial charge in [0.2, 0.25) is 5.91 Å². The Morgan fingerprint density at radius 3 is 2.43 bits per heavy atom. The van der Waals surface area contributed by atoms with Crippen LogP contribution < -0.4 is 10.0 Å². The first-order valence-electron chi connectivity index (χ1n) is 8.72. The predicted octanol–water partition coefficient (Wildman–Crippen LogP) is 3.68. The Morgan fingerprint density at radius 1 is 1.00 bits per heavy atom. The van der Waals surface area contributed by atoms with Gasteiger partial charge in [0.1, 0.15) is 0 Å². The first-order chi connectivity index (χ1) is 13.3. The number of aryl methyl sites for hydroxylation is 2. The van der Waals surface area contributed by atoms with Crippen molar-refractivity contribution in [2.24, 2.45) is 0 Å². The minimum Gasteiger partial charge on any atom is -0.326 e. The molecule has 3 aromatic rings. The van der Waals surface area contributed by atoms with Crippen LogP contribution in [0.1, 0.15) is 16.7 Å². The first kappa shape index (κ1) is 19.6. The zero-order chi connectivity index (χ0) is 20.1. The molecule has 0 fully saturated rings. The molecule has 0 aliphatic rings. The van der Waals surface area contributed by atoms with Gasteiger partial charge >= 0.3 is 0 Å². The molecule has 7 heteroatoms. The van der Waals surface area contributed by atoms with E-state index in [2.05, 4.69) is 15.0 Å². The van der Waals surface area contributed by atoms with Crippen LogP contribution in [0, 0.1) is 13.8 Å². The molecule has 0 saturated heterocycles. The van der Waals surface area contributed by atoms with Crippen molar-refractivity contribution in [1.82, 2.24) is 4.98 Å².